The van der Waals surface area contributed by atoms with Crippen LogP contribution in [0.15, 0.2) is 0 Å². The van der Waals surface area contributed by atoms with Crippen molar-refractivity contribution in [3.63, 3.8) is 0 Å². The van der Waals surface area contributed by atoms with Crippen molar-refractivity contribution >= 4 is 6.71 Å². The molecule has 3 aliphatic heterocycles. The molecule has 20 saturated carbocycles. The highest BCUT2D eigenvalue weighted by Crippen LogP contribution is 2.84. The molecule has 0 aromatic rings. The monoisotopic (exact) mass is 1550 g/mol. The van der Waals surface area contributed by atoms with Crippen molar-refractivity contribution in [2.45, 2.75) is 482 Å². The van der Waals surface area contributed by atoms with Gasteiger partial charge in [-0.15, -0.1) is 0 Å². The maximum absolute atomic E-state index is 4.07. The standard InChI is InChI=1S/C110H180BN3/c1-106(2,3)76-47-70-39-41-72-49-78(108(7,8)9)58-89-87(53-74(51-76)99(70)101(72)89)68-43-45-91-93(55-68)113(104-83(64-27-17-13-18-28-64)35-25-36-84(104)65-29-19-14-20-30-65)95-62-82(112-97-60-80-57-81-61-98(112)110(80,81)97)63-96-103(95)111(91)92-46-44-69(56-94(92)114(96)105-85(66-31-21-15-22-32-66)37-26-38-86(105)67-33-23-16-24-34-67)88-54-75-52-77(107(4,5)6)48-71-40-42-73-50-79(109(10,11)12)59-90(88)102(73)100(71)75/h64-105H,13-63H2,1-12H3. The molecule has 23 aliphatic rings. The van der Waals surface area contributed by atoms with Crippen LogP contribution in [-0.4, -0.2) is 75.8 Å². The maximum Gasteiger partial charge on any atom is 0.156 e. The van der Waals surface area contributed by atoms with E-state index < -0.39 is 0 Å². The third-order valence-corrected chi connectivity index (χ3v) is 47.6. The van der Waals surface area contributed by atoms with Gasteiger partial charge in [0.05, 0.1) is 0 Å². The zero-order valence-electron chi connectivity index (χ0n) is 76.7. The smallest absolute Gasteiger partial charge is 0.156 e. The lowest BCUT2D eigenvalue weighted by Gasteiger charge is -2.90. The van der Waals surface area contributed by atoms with Gasteiger partial charge in [0.25, 0.3) is 0 Å². The van der Waals surface area contributed by atoms with Crippen LogP contribution in [0.25, 0.3) is 0 Å². The maximum atomic E-state index is 4.07. The molecule has 1 spiro atoms. The van der Waals surface area contributed by atoms with Gasteiger partial charge >= 0.3 is 0 Å². The number of fused-ring (bicyclic) bond motifs is 4. The van der Waals surface area contributed by atoms with Gasteiger partial charge in [-0.25, -0.2) is 0 Å². The molecule has 114 heavy (non-hydrogen) atoms. The highest BCUT2D eigenvalue weighted by molar-refractivity contribution is 6.65. The molecular weight excluding hydrogens is 1370 g/mol. The average molecular weight is 1560 g/mol. The van der Waals surface area contributed by atoms with Gasteiger partial charge in [0.2, 0.25) is 0 Å². The molecule has 0 radical (unpaired) electrons. The molecule has 0 bridgehead atoms. The molecule has 23 rings (SSSR count). The zero-order chi connectivity index (χ0) is 77.1. The van der Waals surface area contributed by atoms with Crippen molar-refractivity contribution in [1.29, 1.82) is 0 Å². The summed E-state index contributed by atoms with van der Waals surface area (Å²) in [7, 11) is 0. The first-order chi connectivity index (χ1) is 55.0. The van der Waals surface area contributed by atoms with Crippen molar-refractivity contribution in [2.24, 2.45) is 205 Å². The van der Waals surface area contributed by atoms with Gasteiger partial charge in [-0.3, -0.25) is 14.7 Å². The van der Waals surface area contributed by atoms with Gasteiger partial charge in [0, 0.05) is 59.8 Å². The third kappa shape index (κ3) is 12.5. The van der Waals surface area contributed by atoms with Crippen LogP contribution < -0.4 is 0 Å². The zero-order valence-corrected chi connectivity index (χ0v) is 76.7. The molecule has 3 heterocycles. The first-order valence-corrected chi connectivity index (χ1v) is 54.3. The van der Waals surface area contributed by atoms with Crippen LogP contribution in [0.4, 0.5) is 0 Å². The Kier molecular flexibility index (Phi) is 20.4. The summed E-state index contributed by atoms with van der Waals surface area (Å²) in [4.78, 5) is 11.8. The minimum Gasteiger partial charge on any atom is -0.295 e. The van der Waals surface area contributed by atoms with Gasteiger partial charge in [-0.2, -0.15) is 0 Å². The molecule has 0 N–H and O–H groups in total. The molecule has 34 unspecified atom stereocenters. The van der Waals surface area contributed by atoms with Crippen molar-refractivity contribution in [2.75, 3.05) is 0 Å². The van der Waals surface area contributed by atoms with E-state index in [9.17, 15) is 0 Å². The van der Waals surface area contributed by atoms with Gasteiger partial charge < -0.3 is 0 Å². The fourth-order valence-corrected chi connectivity index (χ4v) is 43.1. The van der Waals surface area contributed by atoms with E-state index >= 15 is 0 Å². The second kappa shape index (κ2) is 29.5. The quantitative estimate of drug-likeness (QED) is 0.213. The molecule has 0 aromatic heterocycles. The second-order valence-electron chi connectivity index (χ2n) is 54.9. The summed E-state index contributed by atoms with van der Waals surface area (Å²) in [5.74, 6) is 32.8. The van der Waals surface area contributed by atoms with Crippen molar-refractivity contribution in [3.05, 3.63) is 0 Å². The van der Waals surface area contributed by atoms with E-state index in [1.165, 1.54) is 25.7 Å². The molecule has 20 aliphatic carbocycles. The summed E-state index contributed by atoms with van der Waals surface area (Å²) in [5, 5.41) is 0. The summed E-state index contributed by atoms with van der Waals surface area (Å²) >= 11 is 0. The van der Waals surface area contributed by atoms with Crippen LogP contribution in [0.3, 0.4) is 0 Å². The Balaban J connectivity index is 0.702. The SMILES string of the molecule is CC(C)(C)C1CC2CCC3CC(C(C)(C)C)CC4C(C5CCC6B7C8CCC(C9CC%10CC(C(C)(C)C)CC%11CCC%12CC(C(C)(C)C)CC9C%12C%11%10)CC8N(C8C(C9CCCCC9)CCCC8C8CCCCC8)C8CC(N9C%10CC%11CC%12CC9C%11%12%10)CC(C78)N(C7C(C8CCCCC8)CCCC7C7CCCCC7)C6C5)CC(C1)C2C34. The predicted molar refractivity (Wildman–Crippen MR) is 477 cm³/mol. The lowest BCUT2D eigenvalue weighted by molar-refractivity contribution is -0.408. The van der Waals surface area contributed by atoms with E-state index in [-0.39, 0.29) is 0 Å². The van der Waals surface area contributed by atoms with Crippen LogP contribution in [-0.2, 0) is 0 Å². The molecule has 638 valence electrons. The normalized spacial score (nSPS) is 54.1. The molecule has 0 amide bonds. The number of nitrogens with zero attached hydrogens (tertiary/aromatic N) is 3. The number of rotatable bonds is 9. The Labute approximate surface area is 703 Å². The van der Waals surface area contributed by atoms with Gasteiger partial charge in [-0.05, 0) is 377 Å². The van der Waals surface area contributed by atoms with Crippen LogP contribution in [0.5, 0.6) is 0 Å². The summed E-state index contributed by atoms with van der Waals surface area (Å²) in [6.07, 6.45) is 81.4. The van der Waals surface area contributed by atoms with Crippen LogP contribution in [0.2, 0.25) is 17.5 Å². The molecule has 3 nitrogen and oxygen atoms in total. The molecule has 34 atom stereocenters. The number of hydrogen-bond donors (Lipinski definition) is 0. The van der Waals surface area contributed by atoms with E-state index in [0.29, 0.717) is 21.7 Å². The Bertz CT molecular complexity index is 3100. The van der Waals surface area contributed by atoms with E-state index in [1.54, 1.807) is 302 Å². The van der Waals surface area contributed by atoms with E-state index in [0.717, 1.165) is 261 Å². The molecule has 3 saturated heterocycles. The fourth-order valence-electron chi connectivity index (χ4n) is 43.1. The van der Waals surface area contributed by atoms with E-state index in [1.807, 2.05) is 0 Å². The van der Waals surface area contributed by atoms with Gasteiger partial charge in [0.1, 0.15) is 0 Å². The van der Waals surface area contributed by atoms with Gasteiger partial charge in [0.15, 0.2) is 6.71 Å². The second-order valence-corrected chi connectivity index (χ2v) is 54.9. The summed E-state index contributed by atoms with van der Waals surface area (Å²) in [6, 6.07) is 7.86. The minimum atomic E-state index is 0.429. The number of hydrogen-bond acceptors (Lipinski definition) is 3. The number of likely N-dealkylation sites (tertiary alicyclic amines) is 1. The van der Waals surface area contributed by atoms with Crippen molar-refractivity contribution in [3.8, 4) is 0 Å². The lowest BCUT2D eigenvalue weighted by Crippen LogP contribution is -2.94. The Morgan fingerprint density at radius 3 is 0.895 bits per heavy atom. The average Bonchev–Trinajstić information content (AvgIpc) is 0.617. The van der Waals surface area contributed by atoms with Crippen molar-refractivity contribution < 1.29 is 0 Å². The molecule has 23 fully saturated rings. The van der Waals surface area contributed by atoms with Crippen molar-refractivity contribution in [1.82, 2.24) is 14.7 Å². The molecule has 4 heteroatoms. The Morgan fingerprint density at radius 2 is 0.553 bits per heavy atom. The topological polar surface area (TPSA) is 9.72 Å². The Hall–Kier alpha value is -0.0551. The van der Waals surface area contributed by atoms with E-state index in [4.69, 9.17) is 0 Å². The fraction of sp³-hybridized carbons (Fsp3) is 1.00. The summed E-state index contributed by atoms with van der Waals surface area (Å²) in [6.45, 7) is 33.7. The predicted octanol–water partition coefficient (Wildman–Crippen LogP) is 28.7. The third-order valence-electron chi connectivity index (χ3n) is 47.6. The van der Waals surface area contributed by atoms with Crippen LogP contribution in [0.1, 0.15) is 411 Å². The number of piperidine rings is 2. The molecule has 0 aromatic carbocycles. The first kappa shape index (κ1) is 78.7. The summed E-state index contributed by atoms with van der Waals surface area (Å²) in [5.41, 5.74) is 2.54. The molecular formula is C110H180BN3. The highest BCUT2D eigenvalue weighted by Gasteiger charge is 2.85. The van der Waals surface area contributed by atoms with Gasteiger partial charge in [-0.1, -0.05) is 250 Å². The highest BCUT2D eigenvalue weighted by atomic mass is 15.4. The lowest BCUT2D eigenvalue weighted by atomic mass is 9.18. The van der Waals surface area contributed by atoms with Crippen LogP contribution >= 0.6 is 0 Å². The first-order valence-electron chi connectivity index (χ1n) is 54.3. The minimum absolute atomic E-state index is 0.429. The van der Waals surface area contributed by atoms with Crippen LogP contribution in [0, 0.1) is 205 Å². The largest absolute Gasteiger partial charge is 0.295 e. The van der Waals surface area contributed by atoms with E-state index in [2.05, 4.69) is 97.8 Å². The summed E-state index contributed by atoms with van der Waals surface area (Å²) < 4.78 is 0. The Morgan fingerprint density at radius 1 is 0.228 bits per heavy atom.